The van der Waals surface area contributed by atoms with Crippen LogP contribution in [0.5, 0.6) is 0 Å². The van der Waals surface area contributed by atoms with Gasteiger partial charge in [0.05, 0.1) is 0 Å². The largest absolute Gasteiger partial charge is 0.506 e. The topological polar surface area (TPSA) is 46.3 Å². The molecule has 3 heteroatoms. The molecule has 0 fully saturated rings. The zero-order chi connectivity index (χ0) is 6.85. The fourth-order valence-corrected chi connectivity index (χ4v) is 0.502. The normalized spacial score (nSPS) is 9.44. The Kier molecular flexibility index (Phi) is 1.26. The molecule has 0 aliphatic carbocycles. The second kappa shape index (κ2) is 1.93. The molecule has 1 N–H and O–H groups in total. The number of aliphatic hydroxyl groups excluding tert-OH is 1. The number of nitrogens with zero attached hydrogens (tertiary/aromatic N) is 1. The van der Waals surface area contributed by atoms with E-state index in [1.54, 1.807) is 13.0 Å². The molecule has 0 saturated carbocycles. The van der Waals surface area contributed by atoms with Crippen molar-refractivity contribution >= 4 is 5.76 Å². The maximum absolute atomic E-state index is 8.72. The molecule has 0 amide bonds. The first-order valence-electron chi connectivity index (χ1n) is 2.51. The highest BCUT2D eigenvalue weighted by Gasteiger charge is 2.00. The summed E-state index contributed by atoms with van der Waals surface area (Å²) in [5.74, 6) is 0.604. The fourth-order valence-electron chi connectivity index (χ4n) is 0.502. The summed E-state index contributed by atoms with van der Waals surface area (Å²) >= 11 is 0. The summed E-state index contributed by atoms with van der Waals surface area (Å²) in [5.41, 5.74) is 0.396. The minimum Gasteiger partial charge on any atom is -0.506 e. The van der Waals surface area contributed by atoms with Gasteiger partial charge in [-0.2, -0.15) is 0 Å². The van der Waals surface area contributed by atoms with Crippen LogP contribution in [-0.4, -0.2) is 10.3 Å². The van der Waals surface area contributed by atoms with Crippen molar-refractivity contribution in [2.75, 3.05) is 0 Å². The molecule has 48 valence electrons. The van der Waals surface area contributed by atoms with E-state index in [2.05, 4.69) is 16.3 Å². The quantitative estimate of drug-likeness (QED) is 0.578. The van der Waals surface area contributed by atoms with Crippen molar-refractivity contribution in [2.24, 2.45) is 0 Å². The monoisotopic (exact) mass is 125 g/mol. The van der Waals surface area contributed by atoms with Crippen LogP contribution >= 0.6 is 0 Å². The SMILES string of the molecule is C=C(O)c1cc(C)on1. The maximum Gasteiger partial charge on any atom is 0.147 e. The molecule has 9 heavy (non-hydrogen) atoms. The summed E-state index contributed by atoms with van der Waals surface area (Å²) in [7, 11) is 0. The van der Waals surface area contributed by atoms with Crippen LogP contribution in [0, 0.1) is 6.92 Å². The highest BCUT2D eigenvalue weighted by molar-refractivity contribution is 5.50. The van der Waals surface area contributed by atoms with E-state index < -0.39 is 0 Å². The number of hydrogen-bond donors (Lipinski definition) is 1. The summed E-state index contributed by atoms with van der Waals surface area (Å²) in [4.78, 5) is 0. The summed E-state index contributed by atoms with van der Waals surface area (Å²) in [6.45, 7) is 5.02. The molecule has 1 heterocycles. The molecule has 0 unspecified atom stereocenters. The van der Waals surface area contributed by atoms with Gasteiger partial charge in [-0.05, 0) is 6.92 Å². The molecule has 0 radical (unpaired) electrons. The number of aliphatic hydroxyl groups is 1. The number of hydrogen-bond acceptors (Lipinski definition) is 3. The Bertz CT molecular complexity index is 227. The van der Waals surface area contributed by atoms with Crippen LogP contribution in [0.25, 0.3) is 5.76 Å². The van der Waals surface area contributed by atoms with E-state index in [0.717, 1.165) is 0 Å². The van der Waals surface area contributed by atoms with Crippen LogP contribution in [0.15, 0.2) is 17.2 Å². The van der Waals surface area contributed by atoms with Crippen LogP contribution in [0.3, 0.4) is 0 Å². The lowest BCUT2D eigenvalue weighted by atomic mass is 10.3. The van der Waals surface area contributed by atoms with Crippen LogP contribution in [0.4, 0.5) is 0 Å². The first kappa shape index (κ1) is 5.88. The minimum absolute atomic E-state index is 0.0631. The van der Waals surface area contributed by atoms with E-state index in [0.29, 0.717) is 11.5 Å². The second-order valence-electron chi connectivity index (χ2n) is 1.77. The van der Waals surface area contributed by atoms with E-state index >= 15 is 0 Å². The van der Waals surface area contributed by atoms with E-state index in [4.69, 9.17) is 5.11 Å². The van der Waals surface area contributed by atoms with Gasteiger partial charge in [0.2, 0.25) is 0 Å². The predicted octanol–water partition coefficient (Wildman–Crippen LogP) is 1.51. The number of aryl methyl sites for hydroxylation is 1. The first-order valence-corrected chi connectivity index (χ1v) is 2.51. The fraction of sp³-hybridized carbons (Fsp3) is 0.167. The summed E-state index contributed by atoms with van der Waals surface area (Å²) < 4.78 is 4.65. The van der Waals surface area contributed by atoms with E-state index in [1.165, 1.54) is 0 Å². The van der Waals surface area contributed by atoms with Gasteiger partial charge in [0, 0.05) is 6.07 Å². The van der Waals surface area contributed by atoms with E-state index in [1.807, 2.05) is 0 Å². The lowest BCUT2D eigenvalue weighted by molar-refractivity contribution is 0.390. The Labute approximate surface area is 52.6 Å². The molecule has 0 aliphatic heterocycles. The highest BCUT2D eigenvalue weighted by atomic mass is 16.5. The van der Waals surface area contributed by atoms with Gasteiger partial charge in [-0.25, -0.2) is 0 Å². The van der Waals surface area contributed by atoms with Gasteiger partial charge in [0.25, 0.3) is 0 Å². The zero-order valence-electron chi connectivity index (χ0n) is 5.09. The smallest absolute Gasteiger partial charge is 0.147 e. The van der Waals surface area contributed by atoms with Crippen molar-refractivity contribution < 1.29 is 9.63 Å². The highest BCUT2D eigenvalue weighted by Crippen LogP contribution is 2.07. The Hall–Kier alpha value is -1.25. The first-order chi connectivity index (χ1) is 4.20. The molecule has 0 saturated heterocycles. The van der Waals surface area contributed by atoms with Crippen molar-refractivity contribution in [3.63, 3.8) is 0 Å². The molecule has 0 atom stereocenters. The zero-order valence-corrected chi connectivity index (χ0v) is 5.09. The summed E-state index contributed by atoms with van der Waals surface area (Å²) in [6.07, 6.45) is 0. The van der Waals surface area contributed by atoms with Crippen molar-refractivity contribution in [1.29, 1.82) is 0 Å². The van der Waals surface area contributed by atoms with Crippen LogP contribution < -0.4 is 0 Å². The molecule has 0 bridgehead atoms. The maximum atomic E-state index is 8.72. The lowest BCUT2D eigenvalue weighted by Crippen LogP contribution is -1.76. The predicted molar refractivity (Wildman–Crippen MR) is 32.9 cm³/mol. The third-order valence-electron chi connectivity index (χ3n) is 0.924. The van der Waals surface area contributed by atoms with Crippen LogP contribution in [0.1, 0.15) is 11.5 Å². The van der Waals surface area contributed by atoms with Crippen molar-refractivity contribution in [2.45, 2.75) is 6.92 Å². The second-order valence-corrected chi connectivity index (χ2v) is 1.77. The lowest BCUT2D eigenvalue weighted by Gasteiger charge is -1.83. The van der Waals surface area contributed by atoms with Gasteiger partial charge >= 0.3 is 0 Å². The molecule has 1 rings (SSSR count). The minimum atomic E-state index is -0.0631. The van der Waals surface area contributed by atoms with Gasteiger partial charge < -0.3 is 9.63 Å². The Morgan fingerprint density at radius 2 is 2.56 bits per heavy atom. The van der Waals surface area contributed by atoms with Gasteiger partial charge in [-0.1, -0.05) is 11.7 Å². The van der Waals surface area contributed by atoms with Crippen molar-refractivity contribution in [3.05, 3.63) is 24.1 Å². The molecule has 0 aliphatic rings. The van der Waals surface area contributed by atoms with Crippen LogP contribution in [0.2, 0.25) is 0 Å². The Morgan fingerprint density at radius 3 is 2.78 bits per heavy atom. The van der Waals surface area contributed by atoms with E-state index in [-0.39, 0.29) is 5.76 Å². The molecule has 3 nitrogen and oxygen atoms in total. The number of aromatic nitrogens is 1. The Balaban J connectivity index is 2.98. The molecule has 1 aromatic heterocycles. The average Bonchev–Trinajstić information content (AvgIpc) is 2.14. The molecule has 1 aromatic rings. The third kappa shape index (κ3) is 1.10. The number of rotatable bonds is 1. The van der Waals surface area contributed by atoms with Crippen molar-refractivity contribution in [3.8, 4) is 0 Å². The van der Waals surface area contributed by atoms with Crippen molar-refractivity contribution in [1.82, 2.24) is 5.16 Å². The Morgan fingerprint density at radius 1 is 1.89 bits per heavy atom. The standard InChI is InChI=1S/C6H7NO2/c1-4-3-6(5(2)8)7-9-4/h3,8H,2H2,1H3. The third-order valence-corrected chi connectivity index (χ3v) is 0.924. The van der Waals surface area contributed by atoms with Crippen LogP contribution in [-0.2, 0) is 0 Å². The van der Waals surface area contributed by atoms with Gasteiger partial charge in [0.1, 0.15) is 17.2 Å². The van der Waals surface area contributed by atoms with Gasteiger partial charge in [0.15, 0.2) is 0 Å². The van der Waals surface area contributed by atoms with Gasteiger partial charge in [-0.3, -0.25) is 0 Å². The van der Waals surface area contributed by atoms with E-state index in [9.17, 15) is 0 Å². The molecular formula is C6H7NO2. The summed E-state index contributed by atoms with van der Waals surface area (Å²) in [6, 6.07) is 1.61. The molecular weight excluding hydrogens is 118 g/mol. The molecule has 0 aromatic carbocycles. The average molecular weight is 125 g/mol. The molecule has 0 spiro atoms. The summed E-state index contributed by atoms with van der Waals surface area (Å²) in [5, 5.41) is 12.2. The van der Waals surface area contributed by atoms with Gasteiger partial charge in [-0.15, -0.1) is 0 Å².